The summed E-state index contributed by atoms with van der Waals surface area (Å²) < 4.78 is 39.8. The highest BCUT2D eigenvalue weighted by molar-refractivity contribution is 5.91. The van der Waals surface area contributed by atoms with Gasteiger partial charge in [-0.05, 0) is 18.6 Å². The summed E-state index contributed by atoms with van der Waals surface area (Å²) in [5.41, 5.74) is -0.355. The molecule has 0 spiro atoms. The molecule has 0 aliphatic heterocycles. The Morgan fingerprint density at radius 3 is 2.43 bits per heavy atom. The molecule has 0 heterocycles. The molecule has 1 N–H and O–H groups in total. The highest BCUT2D eigenvalue weighted by Gasteiger charge is 2.20. The number of hydrogen-bond acceptors (Lipinski definition) is 2. The third kappa shape index (κ3) is 4.47. The van der Waals surface area contributed by atoms with Gasteiger partial charge < -0.3 is 10.2 Å². The second-order valence-corrected chi connectivity index (χ2v) is 4.47. The van der Waals surface area contributed by atoms with Gasteiger partial charge in [0.05, 0.1) is 5.69 Å². The van der Waals surface area contributed by atoms with E-state index in [-0.39, 0.29) is 24.7 Å². The van der Waals surface area contributed by atoms with Crippen LogP contribution in [0, 0.1) is 17.5 Å². The summed E-state index contributed by atoms with van der Waals surface area (Å²) in [7, 11) is 0. The Morgan fingerprint density at radius 2 is 1.86 bits per heavy atom. The van der Waals surface area contributed by atoms with Crippen molar-refractivity contribution in [2.24, 2.45) is 0 Å². The molecule has 21 heavy (non-hydrogen) atoms. The maximum absolute atomic E-state index is 13.7. The van der Waals surface area contributed by atoms with Crippen molar-refractivity contribution in [3.05, 3.63) is 29.6 Å². The van der Waals surface area contributed by atoms with Crippen molar-refractivity contribution in [1.82, 2.24) is 5.32 Å². The van der Waals surface area contributed by atoms with E-state index in [1.54, 1.807) is 0 Å². The summed E-state index contributed by atoms with van der Waals surface area (Å²) in [6.07, 6.45) is 1.03. The Labute approximate surface area is 120 Å². The summed E-state index contributed by atoms with van der Waals surface area (Å²) in [5, 5.41) is 2.56. The number of carbonyl (C=O) groups is 2. The Hall–Kier alpha value is -2.05. The molecule has 4 nitrogen and oxygen atoms in total. The van der Waals surface area contributed by atoms with Gasteiger partial charge in [0, 0.05) is 26.4 Å². The van der Waals surface area contributed by atoms with Gasteiger partial charge in [-0.1, -0.05) is 6.92 Å². The van der Waals surface area contributed by atoms with E-state index in [9.17, 15) is 22.8 Å². The first kappa shape index (κ1) is 17.0. The van der Waals surface area contributed by atoms with Crippen LogP contribution in [0.4, 0.5) is 18.9 Å². The van der Waals surface area contributed by atoms with Gasteiger partial charge in [0.2, 0.25) is 11.8 Å². The van der Waals surface area contributed by atoms with Crippen molar-refractivity contribution in [3.63, 3.8) is 0 Å². The molecule has 1 aromatic rings. The van der Waals surface area contributed by atoms with Gasteiger partial charge in [-0.15, -0.1) is 0 Å². The highest BCUT2D eigenvalue weighted by Crippen LogP contribution is 2.23. The minimum atomic E-state index is -1.63. The van der Waals surface area contributed by atoms with E-state index in [1.807, 2.05) is 6.92 Å². The molecule has 0 radical (unpaired) electrons. The van der Waals surface area contributed by atoms with Crippen molar-refractivity contribution in [2.75, 3.05) is 18.0 Å². The molecule has 1 aromatic carbocycles. The first-order chi connectivity index (χ1) is 9.88. The Kier molecular flexibility index (Phi) is 6.20. The molecule has 7 heteroatoms. The zero-order valence-electron chi connectivity index (χ0n) is 11.9. The first-order valence-electron chi connectivity index (χ1n) is 6.56. The molecular formula is C14H17F3N2O2. The number of halogens is 3. The molecule has 0 aromatic heterocycles. The molecule has 0 saturated heterocycles. The van der Waals surface area contributed by atoms with Crippen molar-refractivity contribution in [2.45, 2.75) is 26.7 Å². The molecular weight excluding hydrogens is 285 g/mol. The number of nitrogens with zero attached hydrogens (tertiary/aromatic N) is 1. The number of carbonyl (C=O) groups excluding carboxylic acids is 2. The number of amides is 2. The first-order valence-corrected chi connectivity index (χ1v) is 6.56. The van der Waals surface area contributed by atoms with E-state index in [2.05, 4.69) is 5.32 Å². The molecule has 1 rings (SSSR count). The maximum atomic E-state index is 13.7. The minimum Gasteiger partial charge on any atom is -0.354 e. The third-order valence-electron chi connectivity index (χ3n) is 2.82. The number of hydrogen-bond donors (Lipinski definition) is 1. The van der Waals surface area contributed by atoms with Gasteiger partial charge >= 0.3 is 0 Å². The minimum absolute atomic E-state index is 0.0349. The fourth-order valence-corrected chi connectivity index (χ4v) is 1.79. The average molecular weight is 302 g/mol. The lowest BCUT2D eigenvalue weighted by atomic mass is 10.2. The van der Waals surface area contributed by atoms with Gasteiger partial charge in [0.1, 0.15) is 0 Å². The molecule has 116 valence electrons. The lowest BCUT2D eigenvalue weighted by molar-refractivity contribution is -0.121. The lowest BCUT2D eigenvalue weighted by Crippen LogP contribution is -2.38. The average Bonchev–Trinajstić information content (AvgIpc) is 2.42. The summed E-state index contributed by atoms with van der Waals surface area (Å²) >= 11 is 0. The van der Waals surface area contributed by atoms with Crippen LogP contribution >= 0.6 is 0 Å². The quantitative estimate of drug-likeness (QED) is 0.820. The maximum Gasteiger partial charge on any atom is 0.224 e. The van der Waals surface area contributed by atoms with E-state index in [0.29, 0.717) is 12.8 Å². The van der Waals surface area contributed by atoms with Crippen molar-refractivity contribution in [1.29, 1.82) is 0 Å². The molecule has 0 saturated carbocycles. The van der Waals surface area contributed by atoms with Crippen molar-refractivity contribution in [3.8, 4) is 0 Å². The second kappa shape index (κ2) is 7.66. The topological polar surface area (TPSA) is 49.4 Å². The molecule has 0 unspecified atom stereocenters. The van der Waals surface area contributed by atoms with Crippen LogP contribution in [0.15, 0.2) is 12.1 Å². The van der Waals surface area contributed by atoms with Crippen molar-refractivity contribution < 1.29 is 22.8 Å². The fraction of sp³-hybridized carbons (Fsp3) is 0.429. The molecule has 2 amide bonds. The third-order valence-corrected chi connectivity index (χ3v) is 2.82. The van der Waals surface area contributed by atoms with E-state index >= 15 is 0 Å². The van der Waals surface area contributed by atoms with Crippen molar-refractivity contribution >= 4 is 17.5 Å². The largest absolute Gasteiger partial charge is 0.354 e. The van der Waals surface area contributed by atoms with Gasteiger partial charge in [-0.2, -0.15) is 0 Å². The molecule has 0 aliphatic rings. The molecule has 0 fully saturated rings. The monoisotopic (exact) mass is 302 g/mol. The van der Waals surface area contributed by atoms with Crippen LogP contribution in [0.5, 0.6) is 0 Å². The molecule has 0 atom stereocenters. The predicted octanol–water partition coefficient (Wildman–Crippen LogP) is 2.37. The summed E-state index contributed by atoms with van der Waals surface area (Å²) in [5.74, 6) is -5.11. The number of anilines is 1. The van der Waals surface area contributed by atoms with Gasteiger partial charge in [0.15, 0.2) is 17.5 Å². The van der Waals surface area contributed by atoms with Gasteiger partial charge in [0.25, 0.3) is 0 Å². The Morgan fingerprint density at radius 1 is 1.19 bits per heavy atom. The van der Waals surface area contributed by atoms with E-state index in [4.69, 9.17) is 0 Å². The summed E-state index contributed by atoms with van der Waals surface area (Å²) in [6, 6.07) is 1.74. The summed E-state index contributed by atoms with van der Waals surface area (Å²) in [4.78, 5) is 23.8. The number of nitrogens with one attached hydrogen (secondary N) is 1. The van der Waals surface area contributed by atoms with Gasteiger partial charge in [-0.3, -0.25) is 9.59 Å². The van der Waals surface area contributed by atoms with E-state index in [1.165, 1.54) is 6.92 Å². The van der Waals surface area contributed by atoms with Crippen LogP contribution in [-0.4, -0.2) is 24.9 Å². The smallest absolute Gasteiger partial charge is 0.224 e. The summed E-state index contributed by atoms with van der Waals surface area (Å²) in [6.45, 7) is 3.08. The van der Waals surface area contributed by atoms with Crippen LogP contribution in [0.25, 0.3) is 0 Å². The Balaban J connectivity index is 2.81. The fourth-order valence-electron chi connectivity index (χ4n) is 1.79. The van der Waals surface area contributed by atoms with Crippen LogP contribution < -0.4 is 10.2 Å². The zero-order valence-corrected chi connectivity index (χ0v) is 11.9. The predicted molar refractivity (Wildman–Crippen MR) is 72.3 cm³/mol. The zero-order chi connectivity index (χ0) is 16.0. The SMILES string of the molecule is CCCC(=O)NCCN(C(C)=O)c1ccc(F)c(F)c1F. The standard InChI is InChI=1S/C14H17F3N2O2/c1-3-4-12(21)18-7-8-19(9(2)20)11-6-5-10(15)13(16)14(11)17/h5-6H,3-4,7-8H2,1-2H3,(H,18,21). The van der Waals surface area contributed by atoms with E-state index in [0.717, 1.165) is 17.0 Å². The van der Waals surface area contributed by atoms with Crippen LogP contribution in [0.2, 0.25) is 0 Å². The Bertz CT molecular complexity index is 535. The normalized spacial score (nSPS) is 10.3. The van der Waals surface area contributed by atoms with Crippen LogP contribution in [0.3, 0.4) is 0 Å². The highest BCUT2D eigenvalue weighted by atomic mass is 19.2. The van der Waals surface area contributed by atoms with Crippen LogP contribution in [0.1, 0.15) is 26.7 Å². The number of benzene rings is 1. The molecule has 0 bridgehead atoms. The number of rotatable bonds is 6. The molecule has 0 aliphatic carbocycles. The van der Waals surface area contributed by atoms with Gasteiger partial charge in [-0.25, -0.2) is 13.2 Å². The van der Waals surface area contributed by atoms with E-state index < -0.39 is 23.4 Å². The lowest BCUT2D eigenvalue weighted by Gasteiger charge is -2.22. The van der Waals surface area contributed by atoms with Crippen LogP contribution in [-0.2, 0) is 9.59 Å². The second-order valence-electron chi connectivity index (χ2n) is 4.47.